The van der Waals surface area contributed by atoms with Crippen molar-refractivity contribution in [3.63, 3.8) is 0 Å². The topological polar surface area (TPSA) is 70.1 Å². The number of carbonyl (C=O) groups is 2. The van der Waals surface area contributed by atoms with Gasteiger partial charge in [0.25, 0.3) is 11.7 Å². The first kappa shape index (κ1) is 24.4. The van der Waals surface area contributed by atoms with Crippen LogP contribution in [0.25, 0.3) is 5.76 Å². The van der Waals surface area contributed by atoms with Crippen molar-refractivity contribution in [2.45, 2.75) is 19.9 Å². The van der Waals surface area contributed by atoms with Gasteiger partial charge in [0, 0.05) is 31.0 Å². The number of amides is 1. The molecule has 180 valence electrons. The van der Waals surface area contributed by atoms with Gasteiger partial charge in [0.2, 0.25) is 0 Å². The highest BCUT2D eigenvalue weighted by Crippen LogP contribution is 2.43. The monoisotopic (exact) mass is 490 g/mol. The number of ketones is 1. The molecule has 0 bridgehead atoms. The molecule has 6 nitrogen and oxygen atoms in total. The van der Waals surface area contributed by atoms with Gasteiger partial charge in [-0.25, -0.2) is 0 Å². The van der Waals surface area contributed by atoms with Crippen molar-refractivity contribution in [3.8, 4) is 5.75 Å². The van der Waals surface area contributed by atoms with Gasteiger partial charge in [0.15, 0.2) is 0 Å². The van der Waals surface area contributed by atoms with E-state index in [2.05, 4.69) is 0 Å². The molecule has 4 rings (SSSR count). The van der Waals surface area contributed by atoms with Gasteiger partial charge in [-0.2, -0.15) is 0 Å². The molecule has 35 heavy (non-hydrogen) atoms. The van der Waals surface area contributed by atoms with Gasteiger partial charge >= 0.3 is 0 Å². The Bertz CT molecular complexity index is 1310. The van der Waals surface area contributed by atoms with Crippen molar-refractivity contribution in [2.75, 3.05) is 30.5 Å². The number of halogens is 1. The Labute approximate surface area is 210 Å². The highest BCUT2D eigenvalue weighted by Gasteiger charge is 2.47. The van der Waals surface area contributed by atoms with Crippen LogP contribution in [0.1, 0.15) is 29.7 Å². The van der Waals surface area contributed by atoms with Gasteiger partial charge in [-0.1, -0.05) is 35.9 Å². The smallest absolute Gasteiger partial charge is 0.300 e. The van der Waals surface area contributed by atoms with Crippen LogP contribution < -0.4 is 14.5 Å². The van der Waals surface area contributed by atoms with Gasteiger partial charge in [-0.3, -0.25) is 14.5 Å². The second-order valence-electron chi connectivity index (χ2n) is 8.57. The SMILES string of the molecule is CCOc1cc(/C(O)=C2/C(=O)C(=O)N(c3cccc(C)c3)C2c2ccc(N(C)C)cc2)ccc1Cl. The molecular weight excluding hydrogens is 464 g/mol. The molecular formula is C28H27ClN2O4. The van der Waals surface area contributed by atoms with Crippen molar-refractivity contribution < 1.29 is 19.4 Å². The van der Waals surface area contributed by atoms with E-state index >= 15 is 0 Å². The lowest BCUT2D eigenvalue weighted by Gasteiger charge is -2.26. The number of benzene rings is 3. The molecule has 0 aliphatic carbocycles. The van der Waals surface area contributed by atoms with Crippen LogP contribution in [0.4, 0.5) is 11.4 Å². The fourth-order valence-corrected chi connectivity index (χ4v) is 4.39. The lowest BCUT2D eigenvalue weighted by molar-refractivity contribution is -0.132. The molecule has 7 heteroatoms. The predicted octanol–water partition coefficient (Wildman–Crippen LogP) is 5.74. The Hall–Kier alpha value is -3.77. The molecule has 1 saturated heterocycles. The zero-order valence-corrected chi connectivity index (χ0v) is 20.8. The van der Waals surface area contributed by atoms with Gasteiger partial charge in [0.1, 0.15) is 11.5 Å². The summed E-state index contributed by atoms with van der Waals surface area (Å²) in [5.41, 5.74) is 3.56. The van der Waals surface area contributed by atoms with Crippen molar-refractivity contribution >= 4 is 40.4 Å². The molecule has 1 fully saturated rings. The number of ether oxygens (including phenoxy) is 1. The number of aliphatic hydroxyl groups is 1. The molecule has 0 saturated carbocycles. The average Bonchev–Trinajstić information content (AvgIpc) is 3.10. The second-order valence-corrected chi connectivity index (χ2v) is 8.98. The van der Waals surface area contributed by atoms with Gasteiger partial charge in [-0.05, 0) is 67.4 Å². The van der Waals surface area contributed by atoms with Crippen LogP contribution in [-0.4, -0.2) is 37.5 Å². The maximum absolute atomic E-state index is 13.4. The van der Waals surface area contributed by atoms with Crippen LogP contribution in [-0.2, 0) is 9.59 Å². The number of rotatable bonds is 6. The molecule has 1 N–H and O–H groups in total. The summed E-state index contributed by atoms with van der Waals surface area (Å²) in [6.07, 6.45) is 0. The first-order valence-corrected chi connectivity index (χ1v) is 11.7. The maximum Gasteiger partial charge on any atom is 0.300 e. The van der Waals surface area contributed by atoms with Gasteiger partial charge in [-0.15, -0.1) is 0 Å². The highest BCUT2D eigenvalue weighted by atomic mass is 35.5. The third kappa shape index (κ3) is 4.62. The molecule has 0 aromatic heterocycles. The van der Waals surface area contributed by atoms with Gasteiger partial charge < -0.3 is 14.7 Å². The number of aryl methyl sites for hydroxylation is 1. The summed E-state index contributed by atoms with van der Waals surface area (Å²) < 4.78 is 5.56. The maximum atomic E-state index is 13.4. The quantitative estimate of drug-likeness (QED) is 0.271. The molecule has 3 aromatic rings. The predicted molar refractivity (Wildman–Crippen MR) is 139 cm³/mol. The summed E-state index contributed by atoms with van der Waals surface area (Å²) >= 11 is 6.22. The largest absolute Gasteiger partial charge is 0.507 e. The molecule has 1 aliphatic rings. The minimum atomic E-state index is -0.806. The van der Waals surface area contributed by atoms with E-state index in [-0.39, 0.29) is 11.3 Å². The summed E-state index contributed by atoms with van der Waals surface area (Å²) in [4.78, 5) is 30.1. The minimum absolute atomic E-state index is 0.0129. The van der Waals surface area contributed by atoms with E-state index in [4.69, 9.17) is 16.3 Å². The molecule has 1 unspecified atom stereocenters. The number of nitrogens with zero attached hydrogens (tertiary/aromatic N) is 2. The summed E-state index contributed by atoms with van der Waals surface area (Å²) in [6.45, 7) is 4.14. The molecule has 1 heterocycles. The first-order chi connectivity index (χ1) is 16.7. The third-order valence-corrected chi connectivity index (χ3v) is 6.27. The van der Waals surface area contributed by atoms with E-state index in [1.165, 1.54) is 4.90 Å². The van der Waals surface area contributed by atoms with E-state index in [0.717, 1.165) is 11.3 Å². The fraction of sp³-hybridized carbons (Fsp3) is 0.214. The molecule has 1 aliphatic heterocycles. The van der Waals surface area contributed by atoms with Crippen LogP contribution in [0.2, 0.25) is 5.02 Å². The molecule has 0 radical (unpaired) electrons. The number of anilines is 2. The Morgan fingerprint density at radius 1 is 1.06 bits per heavy atom. The van der Waals surface area contributed by atoms with Crippen LogP contribution in [0, 0.1) is 6.92 Å². The number of Topliss-reactive ketones (excluding diaryl/α,β-unsaturated/α-hetero) is 1. The van der Waals surface area contributed by atoms with E-state index < -0.39 is 17.7 Å². The number of hydrogen-bond acceptors (Lipinski definition) is 5. The van der Waals surface area contributed by atoms with E-state index in [9.17, 15) is 14.7 Å². The lowest BCUT2D eigenvalue weighted by Crippen LogP contribution is -2.29. The Morgan fingerprint density at radius 3 is 2.40 bits per heavy atom. The Morgan fingerprint density at radius 2 is 1.77 bits per heavy atom. The van der Waals surface area contributed by atoms with Crippen molar-refractivity contribution in [1.29, 1.82) is 0 Å². The average molecular weight is 491 g/mol. The summed E-state index contributed by atoms with van der Waals surface area (Å²) in [7, 11) is 3.87. The van der Waals surface area contributed by atoms with Crippen LogP contribution in [0.3, 0.4) is 0 Å². The van der Waals surface area contributed by atoms with E-state index in [1.54, 1.807) is 24.3 Å². The van der Waals surface area contributed by atoms with Crippen molar-refractivity contribution in [2.24, 2.45) is 0 Å². The van der Waals surface area contributed by atoms with Crippen LogP contribution in [0.15, 0.2) is 72.3 Å². The zero-order valence-electron chi connectivity index (χ0n) is 20.1. The fourth-order valence-electron chi connectivity index (χ4n) is 4.22. The lowest BCUT2D eigenvalue weighted by atomic mass is 9.94. The Balaban J connectivity index is 1.93. The molecule has 1 amide bonds. The van der Waals surface area contributed by atoms with Gasteiger partial charge in [0.05, 0.1) is 23.2 Å². The summed E-state index contributed by atoms with van der Waals surface area (Å²) in [5, 5.41) is 11.7. The van der Waals surface area contributed by atoms with Crippen molar-refractivity contribution in [3.05, 3.63) is 94.0 Å². The first-order valence-electron chi connectivity index (χ1n) is 11.3. The summed E-state index contributed by atoms with van der Waals surface area (Å²) in [5.74, 6) is -1.34. The minimum Gasteiger partial charge on any atom is -0.507 e. The highest BCUT2D eigenvalue weighted by molar-refractivity contribution is 6.51. The van der Waals surface area contributed by atoms with Crippen LogP contribution in [0.5, 0.6) is 5.75 Å². The zero-order chi connectivity index (χ0) is 25.3. The Kier molecular flexibility index (Phi) is 6.85. The second kappa shape index (κ2) is 9.84. The number of hydrogen-bond donors (Lipinski definition) is 1. The van der Waals surface area contributed by atoms with E-state index in [0.29, 0.717) is 34.2 Å². The summed E-state index contributed by atoms with van der Waals surface area (Å²) in [6, 6.07) is 18.9. The number of carbonyl (C=O) groups excluding carboxylic acids is 2. The normalized spacial score (nSPS) is 17.1. The van der Waals surface area contributed by atoms with E-state index in [1.807, 2.05) is 75.3 Å². The molecule has 3 aromatic carbocycles. The molecule has 0 spiro atoms. The number of aliphatic hydroxyl groups excluding tert-OH is 1. The standard InChI is InChI=1S/C28H27ClN2O4/c1-5-35-23-16-19(11-14-22(23)29)26(32)24-25(18-9-12-20(13-10-18)30(3)4)31(28(34)27(24)33)21-8-6-7-17(2)15-21/h6-16,25,32H,5H2,1-4H3/b26-24-. The van der Waals surface area contributed by atoms with Crippen LogP contribution >= 0.6 is 11.6 Å². The third-order valence-electron chi connectivity index (χ3n) is 5.95. The van der Waals surface area contributed by atoms with Crippen molar-refractivity contribution in [1.82, 2.24) is 0 Å². The molecule has 1 atom stereocenters.